The number of nitrogens with zero attached hydrogens (tertiary/aromatic N) is 1. The topological polar surface area (TPSA) is 45.8 Å². The maximum absolute atomic E-state index is 13.0. The first-order valence-corrected chi connectivity index (χ1v) is 10.1. The Bertz CT molecular complexity index is 1310. The van der Waals surface area contributed by atoms with Crippen LogP contribution in [0.5, 0.6) is 0 Å². The first kappa shape index (κ1) is 19.5. The number of nitrogens with one attached hydrogen (secondary N) is 1. The molecule has 3 aromatic carbocycles. The van der Waals surface area contributed by atoms with Crippen molar-refractivity contribution in [1.29, 1.82) is 0 Å². The highest BCUT2D eigenvalue weighted by Gasteiger charge is 2.42. The van der Waals surface area contributed by atoms with E-state index >= 15 is 0 Å². The molecular weight excluding hydrogens is 401 g/mol. The predicted molar refractivity (Wildman–Crippen MR) is 113 cm³/mol. The van der Waals surface area contributed by atoms with Crippen molar-refractivity contribution in [3.8, 4) is 11.1 Å². The molecule has 0 spiro atoms. The van der Waals surface area contributed by atoms with E-state index in [0.29, 0.717) is 11.1 Å². The predicted octanol–water partition coefficient (Wildman–Crippen LogP) is 6.72. The van der Waals surface area contributed by atoms with Crippen molar-refractivity contribution in [3.05, 3.63) is 89.2 Å². The van der Waals surface area contributed by atoms with E-state index in [2.05, 4.69) is 9.97 Å². The van der Waals surface area contributed by atoms with E-state index in [1.165, 1.54) is 12.1 Å². The Morgan fingerprint density at radius 1 is 1.00 bits per heavy atom. The van der Waals surface area contributed by atoms with E-state index in [9.17, 15) is 18.0 Å². The minimum atomic E-state index is -4.34. The molecule has 156 valence electrons. The molecule has 1 saturated carbocycles. The van der Waals surface area contributed by atoms with Crippen molar-refractivity contribution in [1.82, 2.24) is 9.97 Å². The number of aromatic nitrogens is 2. The smallest absolute Gasteiger partial charge is 0.342 e. The third kappa shape index (κ3) is 3.63. The summed E-state index contributed by atoms with van der Waals surface area (Å²) in [6.45, 7) is 1.55. The van der Waals surface area contributed by atoms with Crippen molar-refractivity contribution in [3.63, 3.8) is 0 Å². The molecule has 5 rings (SSSR count). The normalized spacial score (nSPS) is 18.3. The second-order valence-corrected chi connectivity index (χ2v) is 8.03. The van der Waals surface area contributed by atoms with Gasteiger partial charge in [0.2, 0.25) is 0 Å². The molecule has 2 atom stereocenters. The molecule has 1 fully saturated rings. The second-order valence-electron chi connectivity index (χ2n) is 8.03. The third-order valence-electron chi connectivity index (χ3n) is 5.90. The minimum Gasteiger partial charge on any atom is -0.342 e. The fourth-order valence-electron chi connectivity index (χ4n) is 4.23. The number of aromatic amines is 1. The highest BCUT2D eigenvalue weighted by Crippen LogP contribution is 2.54. The van der Waals surface area contributed by atoms with Gasteiger partial charge in [-0.15, -0.1) is 0 Å². The largest absolute Gasteiger partial charge is 0.416 e. The molecule has 0 saturated heterocycles. The van der Waals surface area contributed by atoms with Gasteiger partial charge in [0.15, 0.2) is 5.78 Å². The van der Waals surface area contributed by atoms with Crippen molar-refractivity contribution in [2.75, 3.05) is 0 Å². The quantitative estimate of drug-likeness (QED) is 0.372. The van der Waals surface area contributed by atoms with E-state index < -0.39 is 11.7 Å². The lowest BCUT2D eigenvalue weighted by Crippen LogP contribution is -2.05. The number of hydrogen-bond acceptors (Lipinski definition) is 2. The van der Waals surface area contributed by atoms with Gasteiger partial charge in [-0.3, -0.25) is 4.79 Å². The molecular formula is C25H19F3N2O. The number of Topliss-reactive ketones (excluding diaryl/α,β-unsaturated/α-hetero) is 1. The number of fused-ring (bicyclic) bond motifs is 1. The molecule has 0 amide bonds. The standard InChI is InChI=1S/C25H19F3N2O/c1-14(31)18-7-2-3-8-19(18)16-9-10-22-23(12-16)30-24(29-22)21-13-20(21)15-5-4-6-17(11-15)25(26,27)28/h2-12,20-21H,13H2,1H3,(H,29,30). The van der Waals surface area contributed by atoms with E-state index in [0.717, 1.165) is 40.5 Å². The molecule has 1 N–H and O–H groups in total. The lowest BCUT2D eigenvalue weighted by molar-refractivity contribution is -0.137. The number of H-pyrrole nitrogens is 1. The molecule has 2 unspecified atom stereocenters. The van der Waals surface area contributed by atoms with Crippen LogP contribution in [0.4, 0.5) is 13.2 Å². The number of imidazole rings is 1. The highest BCUT2D eigenvalue weighted by molar-refractivity contribution is 6.01. The van der Waals surface area contributed by atoms with Gasteiger partial charge in [0.1, 0.15) is 5.82 Å². The summed E-state index contributed by atoms with van der Waals surface area (Å²) in [6, 6.07) is 18.8. The van der Waals surface area contributed by atoms with Crippen LogP contribution in [0.2, 0.25) is 0 Å². The van der Waals surface area contributed by atoms with Crippen molar-refractivity contribution in [2.24, 2.45) is 0 Å². The molecule has 3 nitrogen and oxygen atoms in total. The molecule has 1 aliphatic rings. The van der Waals surface area contributed by atoms with Gasteiger partial charge in [-0.05, 0) is 54.2 Å². The molecule has 0 radical (unpaired) electrons. The van der Waals surface area contributed by atoms with Crippen LogP contribution < -0.4 is 0 Å². The summed E-state index contributed by atoms with van der Waals surface area (Å²) < 4.78 is 39.1. The summed E-state index contributed by atoms with van der Waals surface area (Å²) in [7, 11) is 0. The van der Waals surface area contributed by atoms with Crippen LogP contribution in [-0.4, -0.2) is 15.8 Å². The number of halogens is 3. The first-order chi connectivity index (χ1) is 14.8. The summed E-state index contributed by atoms with van der Waals surface area (Å²) >= 11 is 0. The van der Waals surface area contributed by atoms with Gasteiger partial charge in [0.05, 0.1) is 16.6 Å². The van der Waals surface area contributed by atoms with Crippen LogP contribution in [0.15, 0.2) is 66.7 Å². The Morgan fingerprint density at radius 3 is 2.58 bits per heavy atom. The summed E-state index contributed by atoms with van der Waals surface area (Å²) in [4.78, 5) is 20.0. The zero-order valence-electron chi connectivity index (χ0n) is 16.7. The number of alkyl halides is 3. The average molecular weight is 420 g/mol. The number of carbonyl (C=O) groups excluding carboxylic acids is 1. The minimum absolute atomic E-state index is 0.00269. The molecule has 6 heteroatoms. The number of rotatable bonds is 4. The Balaban J connectivity index is 1.44. The third-order valence-corrected chi connectivity index (χ3v) is 5.90. The van der Waals surface area contributed by atoms with Gasteiger partial charge in [-0.25, -0.2) is 4.98 Å². The van der Waals surface area contributed by atoms with Crippen LogP contribution in [-0.2, 0) is 6.18 Å². The average Bonchev–Trinajstić information content (AvgIpc) is 3.44. The lowest BCUT2D eigenvalue weighted by atomic mass is 9.97. The maximum atomic E-state index is 13.0. The number of ketones is 1. The van der Waals surface area contributed by atoms with Crippen molar-refractivity contribution < 1.29 is 18.0 Å². The number of carbonyl (C=O) groups is 1. The Hall–Kier alpha value is -3.41. The van der Waals surface area contributed by atoms with E-state index in [-0.39, 0.29) is 17.6 Å². The molecule has 0 aliphatic heterocycles. The molecule has 0 bridgehead atoms. The van der Waals surface area contributed by atoms with Gasteiger partial charge >= 0.3 is 6.18 Å². The van der Waals surface area contributed by atoms with Gasteiger partial charge in [0, 0.05) is 11.5 Å². The Kier molecular flexibility index (Phi) is 4.46. The summed E-state index contributed by atoms with van der Waals surface area (Å²) in [5.74, 6) is 0.891. The van der Waals surface area contributed by atoms with Gasteiger partial charge in [-0.1, -0.05) is 48.5 Å². The van der Waals surface area contributed by atoms with Gasteiger partial charge < -0.3 is 4.98 Å². The number of benzene rings is 3. The first-order valence-electron chi connectivity index (χ1n) is 10.1. The Morgan fingerprint density at radius 2 is 1.81 bits per heavy atom. The number of hydrogen-bond donors (Lipinski definition) is 1. The summed E-state index contributed by atoms with van der Waals surface area (Å²) in [6.07, 6.45) is -3.58. The van der Waals surface area contributed by atoms with Gasteiger partial charge in [-0.2, -0.15) is 13.2 Å². The monoisotopic (exact) mass is 420 g/mol. The zero-order chi connectivity index (χ0) is 21.8. The maximum Gasteiger partial charge on any atom is 0.416 e. The van der Waals surface area contributed by atoms with E-state index in [4.69, 9.17) is 0 Å². The van der Waals surface area contributed by atoms with Crippen LogP contribution in [0, 0.1) is 0 Å². The molecule has 4 aromatic rings. The van der Waals surface area contributed by atoms with Gasteiger partial charge in [0.25, 0.3) is 0 Å². The molecule has 1 heterocycles. The van der Waals surface area contributed by atoms with E-state index in [1.54, 1.807) is 13.0 Å². The molecule has 31 heavy (non-hydrogen) atoms. The molecule has 1 aliphatic carbocycles. The summed E-state index contributed by atoms with van der Waals surface area (Å²) in [5, 5.41) is 0. The van der Waals surface area contributed by atoms with E-state index in [1.807, 2.05) is 42.5 Å². The van der Waals surface area contributed by atoms with Crippen LogP contribution >= 0.6 is 0 Å². The van der Waals surface area contributed by atoms with Crippen molar-refractivity contribution in [2.45, 2.75) is 31.4 Å². The fraction of sp³-hybridized carbons (Fsp3) is 0.200. The summed E-state index contributed by atoms with van der Waals surface area (Å²) in [5.41, 5.74) is 4.16. The lowest BCUT2D eigenvalue weighted by Gasteiger charge is -2.08. The molecule has 1 aromatic heterocycles. The second kappa shape index (κ2) is 7.08. The SMILES string of the molecule is CC(=O)c1ccccc1-c1ccc2nc(C3CC3c3cccc(C(F)(F)F)c3)[nH]c2c1. The van der Waals surface area contributed by atoms with Crippen LogP contribution in [0.1, 0.15) is 52.5 Å². The highest BCUT2D eigenvalue weighted by atomic mass is 19.4. The fourth-order valence-corrected chi connectivity index (χ4v) is 4.23. The van der Waals surface area contributed by atoms with Crippen LogP contribution in [0.3, 0.4) is 0 Å². The zero-order valence-corrected chi connectivity index (χ0v) is 16.7. The Labute approximate surface area is 176 Å². The van der Waals surface area contributed by atoms with Crippen LogP contribution in [0.25, 0.3) is 22.2 Å². The van der Waals surface area contributed by atoms with Crippen molar-refractivity contribution >= 4 is 16.8 Å².